The second-order valence-corrected chi connectivity index (χ2v) is 5.95. The van der Waals surface area contributed by atoms with Gasteiger partial charge in [-0.15, -0.1) is 0 Å². The molecule has 0 saturated carbocycles. The van der Waals surface area contributed by atoms with Crippen molar-refractivity contribution >= 4 is 23.3 Å². The van der Waals surface area contributed by atoms with E-state index in [0.717, 1.165) is 37.4 Å². The summed E-state index contributed by atoms with van der Waals surface area (Å²) >= 11 is 6.38. The van der Waals surface area contributed by atoms with Crippen LogP contribution in [0.15, 0.2) is 18.2 Å². The highest BCUT2D eigenvalue weighted by Crippen LogP contribution is 2.30. The van der Waals surface area contributed by atoms with Crippen LogP contribution in [0.3, 0.4) is 0 Å². The maximum absolute atomic E-state index is 10.6. The third-order valence-corrected chi connectivity index (χ3v) is 4.22. The number of halogens is 1. The molecule has 0 radical (unpaired) electrons. The molecular weight excluding hydrogens is 290 g/mol. The normalized spacial score (nSPS) is 17.8. The molecule has 1 aromatic rings. The van der Waals surface area contributed by atoms with Crippen molar-refractivity contribution in [2.75, 3.05) is 38.1 Å². The van der Waals surface area contributed by atoms with E-state index >= 15 is 0 Å². The van der Waals surface area contributed by atoms with E-state index in [4.69, 9.17) is 22.4 Å². The molecule has 0 amide bonds. The number of aliphatic carboxylic acids is 1. The molecule has 1 aliphatic rings. The molecule has 5 nitrogen and oxygen atoms in total. The van der Waals surface area contributed by atoms with Gasteiger partial charge < -0.3 is 20.6 Å². The van der Waals surface area contributed by atoms with Crippen molar-refractivity contribution in [2.45, 2.75) is 18.9 Å². The van der Waals surface area contributed by atoms with Crippen molar-refractivity contribution in [1.29, 1.82) is 0 Å². The van der Waals surface area contributed by atoms with Crippen LogP contribution in [0.1, 0.15) is 24.4 Å². The Bertz CT molecular complexity index is 502. The minimum Gasteiger partial charge on any atom is -0.481 e. The van der Waals surface area contributed by atoms with Gasteiger partial charge in [-0.05, 0) is 31.2 Å². The molecule has 1 aliphatic heterocycles. The summed E-state index contributed by atoms with van der Waals surface area (Å²) in [5.41, 5.74) is 7.93. The average molecular weight is 312 g/mol. The first-order valence-corrected chi connectivity index (χ1v) is 7.55. The summed E-state index contributed by atoms with van der Waals surface area (Å²) in [6.45, 7) is 3.97. The molecule has 0 bridgehead atoms. The zero-order valence-electron chi connectivity index (χ0n) is 12.3. The molecule has 1 unspecified atom stereocenters. The maximum atomic E-state index is 10.6. The van der Waals surface area contributed by atoms with Crippen LogP contribution in [-0.4, -0.2) is 49.2 Å². The van der Waals surface area contributed by atoms with E-state index in [1.54, 1.807) is 0 Å². The van der Waals surface area contributed by atoms with Crippen LogP contribution in [0.25, 0.3) is 0 Å². The second kappa shape index (κ2) is 7.11. The summed E-state index contributed by atoms with van der Waals surface area (Å²) < 4.78 is 0. The first-order chi connectivity index (χ1) is 9.97. The number of piperazine rings is 1. The number of anilines is 1. The SMILES string of the molecule is CN1CCN(c2ccc(C(N)CCC(=O)O)cc2Cl)CC1. The first kappa shape index (κ1) is 16.1. The van der Waals surface area contributed by atoms with Gasteiger partial charge >= 0.3 is 5.97 Å². The van der Waals surface area contributed by atoms with Crippen molar-refractivity contribution in [3.05, 3.63) is 28.8 Å². The molecule has 3 N–H and O–H groups in total. The molecule has 6 heteroatoms. The number of carbonyl (C=O) groups is 1. The van der Waals surface area contributed by atoms with E-state index in [9.17, 15) is 4.79 Å². The van der Waals surface area contributed by atoms with Gasteiger partial charge in [-0.3, -0.25) is 4.79 Å². The fourth-order valence-corrected chi connectivity index (χ4v) is 2.81. The zero-order valence-corrected chi connectivity index (χ0v) is 13.0. The fourth-order valence-electron chi connectivity index (χ4n) is 2.50. The van der Waals surface area contributed by atoms with E-state index < -0.39 is 5.97 Å². The lowest BCUT2D eigenvalue weighted by molar-refractivity contribution is -0.137. The number of nitrogens with two attached hydrogens (primary N) is 1. The number of likely N-dealkylation sites (N-methyl/N-ethyl adjacent to an activating group) is 1. The third-order valence-electron chi connectivity index (χ3n) is 3.91. The van der Waals surface area contributed by atoms with Gasteiger partial charge in [0.1, 0.15) is 0 Å². The zero-order chi connectivity index (χ0) is 15.4. The largest absolute Gasteiger partial charge is 0.481 e. The van der Waals surface area contributed by atoms with Crippen molar-refractivity contribution < 1.29 is 9.90 Å². The van der Waals surface area contributed by atoms with Gasteiger partial charge in [0.2, 0.25) is 0 Å². The lowest BCUT2D eigenvalue weighted by Gasteiger charge is -2.34. The van der Waals surface area contributed by atoms with E-state index in [-0.39, 0.29) is 12.5 Å². The highest BCUT2D eigenvalue weighted by atomic mass is 35.5. The molecule has 1 atom stereocenters. The van der Waals surface area contributed by atoms with Crippen LogP contribution in [0, 0.1) is 0 Å². The minimum atomic E-state index is -0.828. The lowest BCUT2D eigenvalue weighted by atomic mass is 10.0. The minimum absolute atomic E-state index is 0.0684. The summed E-state index contributed by atoms with van der Waals surface area (Å²) in [5.74, 6) is -0.828. The van der Waals surface area contributed by atoms with Crippen LogP contribution in [-0.2, 0) is 4.79 Å². The smallest absolute Gasteiger partial charge is 0.303 e. The molecule has 1 heterocycles. The lowest BCUT2D eigenvalue weighted by Crippen LogP contribution is -2.44. The Balaban J connectivity index is 2.05. The van der Waals surface area contributed by atoms with Gasteiger partial charge in [0, 0.05) is 38.6 Å². The number of nitrogens with zero attached hydrogens (tertiary/aromatic N) is 2. The molecule has 0 spiro atoms. The third kappa shape index (κ3) is 4.33. The van der Waals surface area contributed by atoms with Gasteiger partial charge in [-0.2, -0.15) is 0 Å². The van der Waals surface area contributed by atoms with E-state index in [1.165, 1.54) is 0 Å². The molecule has 1 fully saturated rings. The highest BCUT2D eigenvalue weighted by Gasteiger charge is 2.17. The molecule has 116 valence electrons. The van der Waals surface area contributed by atoms with Gasteiger partial charge in [-0.1, -0.05) is 17.7 Å². The number of carboxylic acid groups (broad SMARTS) is 1. The molecular formula is C15H22ClN3O2. The van der Waals surface area contributed by atoms with Gasteiger partial charge in [0.25, 0.3) is 0 Å². The van der Waals surface area contributed by atoms with Gasteiger partial charge in [0.05, 0.1) is 10.7 Å². The highest BCUT2D eigenvalue weighted by molar-refractivity contribution is 6.33. The second-order valence-electron chi connectivity index (χ2n) is 5.54. The Morgan fingerprint density at radius 2 is 2.05 bits per heavy atom. The van der Waals surface area contributed by atoms with Crippen LogP contribution < -0.4 is 10.6 Å². The Labute approximate surface area is 130 Å². The summed E-state index contributed by atoms with van der Waals surface area (Å²) in [6, 6.07) is 5.51. The Morgan fingerprint density at radius 3 is 2.62 bits per heavy atom. The number of rotatable bonds is 5. The molecule has 21 heavy (non-hydrogen) atoms. The number of hydrogen-bond acceptors (Lipinski definition) is 4. The summed E-state index contributed by atoms with van der Waals surface area (Å²) in [4.78, 5) is 15.2. The van der Waals surface area contributed by atoms with Gasteiger partial charge in [0.15, 0.2) is 0 Å². The first-order valence-electron chi connectivity index (χ1n) is 7.17. The maximum Gasteiger partial charge on any atom is 0.303 e. The fraction of sp³-hybridized carbons (Fsp3) is 0.533. The van der Waals surface area contributed by atoms with Crippen LogP contribution in [0.5, 0.6) is 0 Å². The van der Waals surface area contributed by atoms with E-state index in [1.807, 2.05) is 18.2 Å². The van der Waals surface area contributed by atoms with E-state index in [2.05, 4.69) is 16.8 Å². The van der Waals surface area contributed by atoms with Crippen LogP contribution in [0.4, 0.5) is 5.69 Å². The van der Waals surface area contributed by atoms with Crippen molar-refractivity contribution in [2.24, 2.45) is 5.73 Å². The van der Waals surface area contributed by atoms with Crippen LogP contribution in [0.2, 0.25) is 5.02 Å². The molecule has 2 rings (SSSR count). The Kier molecular flexibility index (Phi) is 5.45. The molecule has 1 aromatic carbocycles. The summed E-state index contributed by atoms with van der Waals surface area (Å²) in [7, 11) is 2.11. The monoisotopic (exact) mass is 311 g/mol. The molecule has 0 aliphatic carbocycles. The number of carboxylic acids is 1. The quantitative estimate of drug-likeness (QED) is 0.870. The van der Waals surface area contributed by atoms with Crippen LogP contribution >= 0.6 is 11.6 Å². The van der Waals surface area contributed by atoms with E-state index in [0.29, 0.717) is 11.4 Å². The molecule has 0 aromatic heterocycles. The number of hydrogen-bond donors (Lipinski definition) is 2. The topological polar surface area (TPSA) is 69.8 Å². The average Bonchev–Trinajstić information content (AvgIpc) is 2.45. The Morgan fingerprint density at radius 1 is 1.38 bits per heavy atom. The molecule has 1 saturated heterocycles. The Hall–Kier alpha value is -1.30. The van der Waals surface area contributed by atoms with Crippen molar-refractivity contribution in [3.63, 3.8) is 0 Å². The van der Waals surface area contributed by atoms with Crippen molar-refractivity contribution in [1.82, 2.24) is 4.90 Å². The number of benzene rings is 1. The van der Waals surface area contributed by atoms with Crippen molar-refractivity contribution in [3.8, 4) is 0 Å². The predicted molar refractivity (Wildman–Crippen MR) is 85.0 cm³/mol. The summed E-state index contributed by atoms with van der Waals surface area (Å²) in [5, 5.41) is 9.39. The predicted octanol–water partition coefficient (Wildman–Crippen LogP) is 1.96. The standard InChI is InChI=1S/C15H22ClN3O2/c1-18-6-8-19(9-7-18)14-4-2-11(10-12(14)16)13(17)3-5-15(20)21/h2,4,10,13H,3,5-9,17H2,1H3,(H,20,21). The van der Waals surface area contributed by atoms with Gasteiger partial charge in [-0.25, -0.2) is 0 Å². The summed E-state index contributed by atoms with van der Waals surface area (Å²) in [6.07, 6.45) is 0.485.